The van der Waals surface area contributed by atoms with Crippen LogP contribution in [0.15, 0.2) is 0 Å². The van der Waals surface area contributed by atoms with Gasteiger partial charge in [0, 0.05) is 32.1 Å². The lowest BCUT2D eigenvalue weighted by atomic mass is 10.0. The molecule has 2 atom stereocenters. The number of likely N-dealkylation sites (tertiary alicyclic amines) is 2. The van der Waals surface area contributed by atoms with Crippen molar-refractivity contribution in [2.75, 3.05) is 26.2 Å². The number of hydrogen-bond acceptors (Lipinski definition) is 3. The van der Waals surface area contributed by atoms with Crippen LogP contribution in [-0.4, -0.2) is 47.9 Å². The molecular weight excluding hydrogens is 226 g/mol. The Bertz CT molecular complexity index is 336. The van der Waals surface area contributed by atoms with Crippen LogP contribution in [-0.2, 0) is 4.79 Å². The highest BCUT2D eigenvalue weighted by atomic mass is 16.2. The van der Waals surface area contributed by atoms with Crippen LogP contribution >= 0.6 is 0 Å². The van der Waals surface area contributed by atoms with E-state index < -0.39 is 0 Å². The smallest absolute Gasteiger partial charge is 0.224 e. The van der Waals surface area contributed by atoms with Crippen LogP contribution in [0.25, 0.3) is 0 Å². The summed E-state index contributed by atoms with van der Waals surface area (Å²) in [5.74, 6) is 0.0830. The van der Waals surface area contributed by atoms with Crippen molar-refractivity contribution in [3.05, 3.63) is 0 Å². The molecule has 2 aliphatic rings. The Morgan fingerprint density at radius 2 is 2.22 bits per heavy atom. The van der Waals surface area contributed by atoms with Crippen LogP contribution in [0.3, 0.4) is 0 Å². The van der Waals surface area contributed by atoms with E-state index in [-0.39, 0.29) is 11.8 Å². The summed E-state index contributed by atoms with van der Waals surface area (Å²) in [6.07, 6.45) is 5.43. The predicted octanol–water partition coefficient (Wildman–Crippen LogP) is 1.62. The standard InChI is InChI=1S/C14H23N3O/c1-12-5-2-3-6-16(12)7-4-8-17-11-13(10-15)9-14(17)18/h12-13H,2-9,11H2,1H3. The van der Waals surface area contributed by atoms with Gasteiger partial charge in [-0.15, -0.1) is 0 Å². The van der Waals surface area contributed by atoms with Crippen molar-refractivity contribution in [1.82, 2.24) is 9.80 Å². The fourth-order valence-corrected chi connectivity index (χ4v) is 3.03. The SMILES string of the molecule is CC1CCCCN1CCCN1CC(C#N)CC1=O. The van der Waals surface area contributed by atoms with Gasteiger partial charge in [0.05, 0.1) is 12.0 Å². The van der Waals surface area contributed by atoms with Gasteiger partial charge in [-0.3, -0.25) is 4.79 Å². The summed E-state index contributed by atoms with van der Waals surface area (Å²) in [4.78, 5) is 16.0. The van der Waals surface area contributed by atoms with Gasteiger partial charge in [0.1, 0.15) is 0 Å². The van der Waals surface area contributed by atoms with Crippen molar-refractivity contribution < 1.29 is 4.79 Å². The molecule has 4 heteroatoms. The van der Waals surface area contributed by atoms with E-state index in [9.17, 15) is 4.79 Å². The minimum absolute atomic E-state index is 0.0774. The van der Waals surface area contributed by atoms with Gasteiger partial charge in [0.15, 0.2) is 0 Å². The van der Waals surface area contributed by atoms with Crippen molar-refractivity contribution in [3.8, 4) is 6.07 Å². The monoisotopic (exact) mass is 249 g/mol. The normalized spacial score (nSPS) is 29.6. The van der Waals surface area contributed by atoms with Gasteiger partial charge in [-0.2, -0.15) is 5.26 Å². The summed E-state index contributed by atoms with van der Waals surface area (Å²) in [5.41, 5.74) is 0. The lowest BCUT2D eigenvalue weighted by molar-refractivity contribution is -0.127. The number of nitriles is 1. The number of hydrogen-bond donors (Lipinski definition) is 0. The van der Waals surface area contributed by atoms with Crippen LogP contribution < -0.4 is 0 Å². The van der Waals surface area contributed by atoms with Gasteiger partial charge in [0.2, 0.25) is 5.91 Å². The summed E-state index contributed by atoms with van der Waals surface area (Å²) in [7, 11) is 0. The summed E-state index contributed by atoms with van der Waals surface area (Å²) in [6.45, 7) is 6.05. The Morgan fingerprint density at radius 1 is 1.39 bits per heavy atom. The van der Waals surface area contributed by atoms with E-state index in [1.54, 1.807) is 0 Å². The van der Waals surface area contributed by atoms with Gasteiger partial charge in [-0.05, 0) is 32.7 Å². The summed E-state index contributed by atoms with van der Waals surface area (Å²) >= 11 is 0. The largest absolute Gasteiger partial charge is 0.341 e. The second-order valence-corrected chi connectivity index (χ2v) is 5.60. The van der Waals surface area contributed by atoms with Gasteiger partial charge < -0.3 is 9.80 Å². The van der Waals surface area contributed by atoms with Gasteiger partial charge >= 0.3 is 0 Å². The summed E-state index contributed by atoms with van der Waals surface area (Å²) in [5, 5.41) is 8.83. The van der Waals surface area contributed by atoms with Gasteiger partial charge in [-0.1, -0.05) is 6.42 Å². The van der Waals surface area contributed by atoms with E-state index in [1.807, 2.05) is 4.90 Å². The molecule has 0 spiro atoms. The first-order valence-electron chi connectivity index (χ1n) is 7.12. The van der Waals surface area contributed by atoms with E-state index in [4.69, 9.17) is 5.26 Å². The number of carbonyl (C=O) groups is 1. The van der Waals surface area contributed by atoms with E-state index >= 15 is 0 Å². The lowest BCUT2D eigenvalue weighted by Crippen LogP contribution is -2.39. The quantitative estimate of drug-likeness (QED) is 0.760. The molecule has 2 heterocycles. The average molecular weight is 249 g/mol. The number of rotatable bonds is 4. The zero-order valence-corrected chi connectivity index (χ0v) is 11.3. The molecule has 4 nitrogen and oxygen atoms in total. The molecule has 100 valence electrons. The highest BCUT2D eigenvalue weighted by Gasteiger charge is 2.29. The number of piperidine rings is 1. The first-order valence-corrected chi connectivity index (χ1v) is 7.12. The van der Waals surface area contributed by atoms with Crippen molar-refractivity contribution in [3.63, 3.8) is 0 Å². The highest BCUT2D eigenvalue weighted by Crippen LogP contribution is 2.19. The molecule has 2 rings (SSSR count). The summed E-state index contributed by atoms with van der Waals surface area (Å²) in [6, 6.07) is 2.89. The maximum atomic E-state index is 11.7. The lowest BCUT2D eigenvalue weighted by Gasteiger charge is -2.33. The first kappa shape index (κ1) is 13.4. The van der Waals surface area contributed by atoms with Gasteiger partial charge in [-0.25, -0.2) is 0 Å². The molecule has 0 aromatic carbocycles. The van der Waals surface area contributed by atoms with E-state index in [1.165, 1.54) is 25.8 Å². The zero-order chi connectivity index (χ0) is 13.0. The third-order valence-electron chi connectivity index (χ3n) is 4.21. The third-order valence-corrected chi connectivity index (χ3v) is 4.21. The minimum atomic E-state index is -0.0774. The van der Waals surface area contributed by atoms with E-state index in [0.717, 1.165) is 19.5 Å². The number of amides is 1. The summed E-state index contributed by atoms with van der Waals surface area (Å²) < 4.78 is 0. The average Bonchev–Trinajstić information content (AvgIpc) is 2.73. The van der Waals surface area contributed by atoms with Crippen LogP contribution in [0.1, 0.15) is 39.0 Å². The molecule has 0 bridgehead atoms. The van der Waals surface area contributed by atoms with Crippen molar-refractivity contribution in [1.29, 1.82) is 5.26 Å². The van der Waals surface area contributed by atoms with E-state index in [0.29, 0.717) is 19.0 Å². The van der Waals surface area contributed by atoms with E-state index in [2.05, 4.69) is 17.9 Å². The Kier molecular flexibility index (Phi) is 4.60. The maximum Gasteiger partial charge on any atom is 0.224 e. The van der Waals surface area contributed by atoms with Crippen molar-refractivity contribution in [2.45, 2.75) is 45.1 Å². The number of carbonyl (C=O) groups excluding carboxylic acids is 1. The molecule has 18 heavy (non-hydrogen) atoms. The second-order valence-electron chi connectivity index (χ2n) is 5.60. The molecule has 2 fully saturated rings. The molecule has 2 aliphatic heterocycles. The molecular formula is C14H23N3O. The maximum absolute atomic E-state index is 11.7. The van der Waals surface area contributed by atoms with Crippen LogP contribution in [0, 0.1) is 17.2 Å². The Labute approximate surface area is 110 Å². The molecule has 0 aromatic heterocycles. The zero-order valence-electron chi connectivity index (χ0n) is 11.3. The fourth-order valence-electron chi connectivity index (χ4n) is 3.03. The minimum Gasteiger partial charge on any atom is -0.341 e. The molecule has 2 unspecified atom stereocenters. The first-order chi connectivity index (χ1) is 8.70. The van der Waals surface area contributed by atoms with Crippen LogP contribution in [0.5, 0.6) is 0 Å². The molecule has 0 saturated carbocycles. The van der Waals surface area contributed by atoms with Crippen molar-refractivity contribution in [2.24, 2.45) is 5.92 Å². The molecule has 1 amide bonds. The predicted molar refractivity (Wildman–Crippen MR) is 69.8 cm³/mol. The molecule has 0 aliphatic carbocycles. The van der Waals surface area contributed by atoms with Gasteiger partial charge in [0.25, 0.3) is 0 Å². The van der Waals surface area contributed by atoms with Crippen LogP contribution in [0.4, 0.5) is 0 Å². The topological polar surface area (TPSA) is 47.3 Å². The molecule has 2 saturated heterocycles. The van der Waals surface area contributed by atoms with Crippen molar-refractivity contribution >= 4 is 5.91 Å². The highest BCUT2D eigenvalue weighted by molar-refractivity contribution is 5.79. The Hall–Kier alpha value is -1.08. The third kappa shape index (κ3) is 3.23. The molecule has 0 N–H and O–H groups in total. The van der Waals surface area contributed by atoms with Crippen LogP contribution in [0.2, 0.25) is 0 Å². The second kappa shape index (κ2) is 6.19. The molecule has 0 radical (unpaired) electrons. The number of nitrogens with zero attached hydrogens (tertiary/aromatic N) is 3. The Balaban J connectivity index is 1.69. The fraction of sp³-hybridized carbons (Fsp3) is 0.857. The Morgan fingerprint density at radius 3 is 2.89 bits per heavy atom. The molecule has 0 aromatic rings.